The second kappa shape index (κ2) is 6.57. The highest BCUT2D eigenvalue weighted by Gasteiger charge is 2.25. The molecule has 2 aromatic heterocycles. The van der Waals surface area contributed by atoms with Crippen LogP contribution in [0.5, 0.6) is 0 Å². The van der Waals surface area contributed by atoms with E-state index in [1.54, 1.807) is 6.20 Å². The van der Waals surface area contributed by atoms with Crippen LogP contribution in [0.3, 0.4) is 0 Å². The van der Waals surface area contributed by atoms with Crippen LogP contribution in [0.25, 0.3) is 11.4 Å². The molecule has 1 saturated heterocycles. The maximum Gasteiger partial charge on any atom is 0.148 e. The molecule has 0 amide bonds. The maximum atomic E-state index is 5.96. The molecule has 2 aromatic rings. The third-order valence-electron chi connectivity index (χ3n) is 4.11. The fourth-order valence-corrected chi connectivity index (χ4v) is 3.10. The lowest BCUT2D eigenvalue weighted by molar-refractivity contribution is 0.0608. The maximum absolute atomic E-state index is 5.96. The van der Waals surface area contributed by atoms with Crippen molar-refractivity contribution < 1.29 is 4.74 Å². The molecule has 1 aliphatic rings. The number of hydrogen-bond acceptors (Lipinski definition) is 4. The lowest BCUT2D eigenvalue weighted by Gasteiger charge is -2.25. The van der Waals surface area contributed by atoms with E-state index in [-0.39, 0.29) is 5.41 Å². The van der Waals surface area contributed by atoms with E-state index in [1.165, 1.54) is 6.20 Å². The van der Waals surface area contributed by atoms with Gasteiger partial charge in [-0.15, -0.1) is 0 Å². The second-order valence-electron chi connectivity index (χ2n) is 7.13. The monoisotopic (exact) mass is 334 g/mol. The van der Waals surface area contributed by atoms with Crippen LogP contribution >= 0.6 is 11.6 Å². The third kappa shape index (κ3) is 3.90. The standard InChI is InChI=1S/C17H23ClN4O/c1-17(2,3)16-21-14(13-8-19-9-15(18)20-13)11-22(16)10-12-4-6-23-7-5-12/h8-9,11-12H,4-7,10H2,1-3H3. The average molecular weight is 335 g/mol. The van der Waals surface area contributed by atoms with Crippen LogP contribution < -0.4 is 0 Å². The van der Waals surface area contributed by atoms with Crippen LogP contribution in [0.1, 0.15) is 39.4 Å². The summed E-state index contributed by atoms with van der Waals surface area (Å²) in [6, 6.07) is 0. The minimum Gasteiger partial charge on any atom is -0.381 e. The predicted octanol–water partition coefficient (Wildman–Crippen LogP) is 3.72. The SMILES string of the molecule is CC(C)(C)c1nc(-c2cncc(Cl)n2)cn1CC1CCOCC1. The first-order valence-electron chi connectivity index (χ1n) is 8.07. The van der Waals surface area contributed by atoms with E-state index >= 15 is 0 Å². The van der Waals surface area contributed by atoms with Crippen molar-refractivity contribution in [2.75, 3.05) is 13.2 Å². The zero-order valence-electron chi connectivity index (χ0n) is 13.9. The molecule has 23 heavy (non-hydrogen) atoms. The summed E-state index contributed by atoms with van der Waals surface area (Å²) in [7, 11) is 0. The Labute approximate surface area is 142 Å². The van der Waals surface area contributed by atoms with Crippen LogP contribution in [-0.2, 0) is 16.7 Å². The molecule has 0 unspecified atom stereocenters. The summed E-state index contributed by atoms with van der Waals surface area (Å²) >= 11 is 5.96. The Morgan fingerprint density at radius 1 is 1.17 bits per heavy atom. The summed E-state index contributed by atoms with van der Waals surface area (Å²) < 4.78 is 7.74. The third-order valence-corrected chi connectivity index (χ3v) is 4.29. The van der Waals surface area contributed by atoms with Gasteiger partial charge in [0.15, 0.2) is 0 Å². The summed E-state index contributed by atoms with van der Waals surface area (Å²) in [5.41, 5.74) is 1.51. The van der Waals surface area contributed by atoms with E-state index in [0.717, 1.165) is 44.1 Å². The van der Waals surface area contributed by atoms with E-state index in [1.807, 2.05) is 0 Å². The largest absolute Gasteiger partial charge is 0.381 e. The van der Waals surface area contributed by atoms with Crippen LogP contribution in [0.15, 0.2) is 18.6 Å². The lowest BCUT2D eigenvalue weighted by Crippen LogP contribution is -2.24. The van der Waals surface area contributed by atoms with E-state index < -0.39 is 0 Å². The predicted molar refractivity (Wildman–Crippen MR) is 90.5 cm³/mol. The van der Waals surface area contributed by atoms with Crippen molar-refractivity contribution in [1.29, 1.82) is 0 Å². The molecular formula is C17H23ClN4O. The molecule has 0 saturated carbocycles. The fourth-order valence-electron chi connectivity index (χ4n) is 2.95. The molecule has 0 spiro atoms. The quantitative estimate of drug-likeness (QED) is 0.858. The van der Waals surface area contributed by atoms with Gasteiger partial charge in [-0.05, 0) is 18.8 Å². The molecule has 1 aliphatic heterocycles. The van der Waals surface area contributed by atoms with Crippen molar-refractivity contribution in [3.05, 3.63) is 29.6 Å². The van der Waals surface area contributed by atoms with Crippen molar-refractivity contribution in [1.82, 2.24) is 19.5 Å². The van der Waals surface area contributed by atoms with Crippen molar-refractivity contribution in [3.63, 3.8) is 0 Å². The Balaban J connectivity index is 1.93. The first-order valence-corrected chi connectivity index (χ1v) is 8.44. The molecule has 3 heterocycles. The van der Waals surface area contributed by atoms with E-state index in [2.05, 4.69) is 41.5 Å². The first kappa shape index (κ1) is 16.4. The normalized spacial score (nSPS) is 16.7. The van der Waals surface area contributed by atoms with Crippen LogP contribution in [-0.4, -0.2) is 32.7 Å². The molecule has 1 fully saturated rings. The van der Waals surface area contributed by atoms with Crippen LogP contribution in [0.2, 0.25) is 5.15 Å². The molecular weight excluding hydrogens is 312 g/mol. The van der Waals surface area contributed by atoms with Gasteiger partial charge >= 0.3 is 0 Å². The number of aromatic nitrogens is 4. The highest BCUT2D eigenvalue weighted by Crippen LogP contribution is 2.28. The van der Waals surface area contributed by atoms with Gasteiger partial charge in [-0.1, -0.05) is 32.4 Å². The molecule has 0 atom stereocenters. The van der Waals surface area contributed by atoms with Gasteiger partial charge in [0.1, 0.15) is 22.4 Å². The number of imidazole rings is 1. The Morgan fingerprint density at radius 3 is 2.57 bits per heavy atom. The van der Waals surface area contributed by atoms with Gasteiger partial charge in [0.05, 0.1) is 12.4 Å². The molecule has 124 valence electrons. The minimum absolute atomic E-state index is 0.0323. The summed E-state index contributed by atoms with van der Waals surface area (Å²) in [4.78, 5) is 13.3. The summed E-state index contributed by atoms with van der Waals surface area (Å²) in [6.45, 7) is 9.24. The van der Waals surface area contributed by atoms with Gasteiger partial charge in [-0.3, -0.25) is 4.98 Å². The van der Waals surface area contributed by atoms with E-state index in [0.29, 0.717) is 16.8 Å². The van der Waals surface area contributed by atoms with Gasteiger partial charge in [-0.25, -0.2) is 9.97 Å². The topological polar surface area (TPSA) is 52.8 Å². The zero-order chi connectivity index (χ0) is 16.4. The zero-order valence-corrected chi connectivity index (χ0v) is 14.7. The molecule has 0 N–H and O–H groups in total. The Bertz CT molecular complexity index is 671. The molecule has 6 heteroatoms. The van der Waals surface area contributed by atoms with Crippen molar-refractivity contribution in [2.24, 2.45) is 5.92 Å². The molecule has 5 nitrogen and oxygen atoms in total. The Hall–Kier alpha value is -1.46. The van der Waals surface area contributed by atoms with Crippen LogP contribution in [0.4, 0.5) is 0 Å². The first-order chi connectivity index (χ1) is 10.9. The number of halogens is 1. The Kier molecular flexibility index (Phi) is 4.69. The van der Waals surface area contributed by atoms with Crippen LogP contribution in [0, 0.1) is 5.92 Å². The number of rotatable bonds is 3. The molecule has 0 aliphatic carbocycles. The molecule has 0 aromatic carbocycles. The van der Waals surface area contributed by atoms with Gasteiger partial charge in [0.25, 0.3) is 0 Å². The van der Waals surface area contributed by atoms with Gasteiger partial charge in [-0.2, -0.15) is 0 Å². The Morgan fingerprint density at radius 2 is 1.91 bits per heavy atom. The van der Waals surface area contributed by atoms with E-state index in [4.69, 9.17) is 21.3 Å². The molecule has 0 bridgehead atoms. The number of nitrogens with zero attached hydrogens (tertiary/aromatic N) is 4. The average Bonchev–Trinajstić information content (AvgIpc) is 2.92. The highest BCUT2D eigenvalue weighted by atomic mass is 35.5. The second-order valence-corrected chi connectivity index (χ2v) is 7.52. The van der Waals surface area contributed by atoms with Crippen molar-refractivity contribution in [3.8, 4) is 11.4 Å². The summed E-state index contributed by atoms with van der Waals surface area (Å²) in [5, 5.41) is 0.388. The van der Waals surface area contributed by atoms with Gasteiger partial charge < -0.3 is 9.30 Å². The van der Waals surface area contributed by atoms with E-state index in [9.17, 15) is 0 Å². The molecule has 0 radical (unpaired) electrons. The summed E-state index contributed by atoms with van der Waals surface area (Å²) in [5.74, 6) is 1.71. The number of ether oxygens (including phenoxy) is 1. The highest BCUT2D eigenvalue weighted by molar-refractivity contribution is 6.29. The molecule has 3 rings (SSSR count). The fraction of sp³-hybridized carbons (Fsp3) is 0.588. The van der Waals surface area contributed by atoms with Gasteiger partial charge in [0.2, 0.25) is 0 Å². The lowest BCUT2D eigenvalue weighted by atomic mass is 9.94. The minimum atomic E-state index is -0.0323. The summed E-state index contributed by atoms with van der Waals surface area (Å²) in [6.07, 6.45) is 7.53. The number of hydrogen-bond donors (Lipinski definition) is 0. The van der Waals surface area contributed by atoms with Crippen molar-refractivity contribution in [2.45, 2.75) is 45.6 Å². The smallest absolute Gasteiger partial charge is 0.148 e. The van der Waals surface area contributed by atoms with Gasteiger partial charge in [0, 0.05) is 31.4 Å². The van der Waals surface area contributed by atoms with Crippen molar-refractivity contribution >= 4 is 11.6 Å².